The molecule has 2 rings (SSSR count). The number of ether oxygens (including phenoxy) is 1. The third-order valence-corrected chi connectivity index (χ3v) is 4.93. The van der Waals surface area contributed by atoms with Crippen molar-refractivity contribution in [3.05, 3.63) is 35.4 Å². The quantitative estimate of drug-likeness (QED) is 0.464. The van der Waals surface area contributed by atoms with E-state index in [1.54, 1.807) is 0 Å². The summed E-state index contributed by atoms with van der Waals surface area (Å²) in [5, 5.41) is 3.52. The average molecular weight is 346 g/mol. The first-order chi connectivity index (χ1) is 12.1. The first-order valence-corrected chi connectivity index (χ1v) is 9.80. The molecule has 1 fully saturated rings. The molecule has 1 aliphatic rings. The lowest BCUT2D eigenvalue weighted by Gasteiger charge is -2.34. The molecule has 1 aromatic rings. The van der Waals surface area contributed by atoms with Crippen LogP contribution in [-0.2, 0) is 11.2 Å². The van der Waals surface area contributed by atoms with Crippen LogP contribution in [0.15, 0.2) is 29.3 Å². The zero-order chi connectivity index (χ0) is 18.1. The first kappa shape index (κ1) is 19.8. The minimum atomic E-state index is 0.424. The Bertz CT molecular complexity index is 516. The van der Waals surface area contributed by atoms with Crippen LogP contribution < -0.4 is 5.32 Å². The van der Waals surface area contributed by atoms with E-state index >= 15 is 0 Å². The fourth-order valence-corrected chi connectivity index (χ4v) is 3.36. The van der Waals surface area contributed by atoms with Gasteiger partial charge >= 0.3 is 0 Å². The van der Waals surface area contributed by atoms with Gasteiger partial charge < -0.3 is 15.0 Å². The summed E-state index contributed by atoms with van der Waals surface area (Å²) in [5.74, 6) is 1.64. The number of benzene rings is 1. The van der Waals surface area contributed by atoms with Gasteiger partial charge in [-0.05, 0) is 49.7 Å². The maximum atomic E-state index is 5.73. The molecule has 1 aromatic carbocycles. The minimum Gasteiger partial charge on any atom is -0.378 e. The normalized spacial score (nSPS) is 16.5. The fourth-order valence-electron chi connectivity index (χ4n) is 3.36. The monoisotopic (exact) mass is 345 g/mol. The molecule has 1 saturated heterocycles. The van der Waals surface area contributed by atoms with Crippen molar-refractivity contribution in [2.75, 3.05) is 33.3 Å². The van der Waals surface area contributed by atoms with Gasteiger partial charge in [0.2, 0.25) is 0 Å². The summed E-state index contributed by atoms with van der Waals surface area (Å²) in [6, 6.07) is 9.05. The molecule has 0 saturated carbocycles. The van der Waals surface area contributed by atoms with Crippen molar-refractivity contribution in [2.45, 2.75) is 58.5 Å². The molecule has 140 valence electrons. The maximum absolute atomic E-state index is 5.73. The molecule has 4 heteroatoms. The first-order valence-electron chi connectivity index (χ1n) is 9.80. The molecule has 1 aliphatic heterocycles. The van der Waals surface area contributed by atoms with E-state index in [1.165, 1.54) is 11.1 Å². The Kier molecular flexibility index (Phi) is 8.26. The summed E-state index contributed by atoms with van der Waals surface area (Å²) in [4.78, 5) is 6.80. The van der Waals surface area contributed by atoms with Crippen LogP contribution in [0.5, 0.6) is 0 Å². The van der Waals surface area contributed by atoms with Crippen molar-refractivity contribution in [3.63, 3.8) is 0 Å². The van der Waals surface area contributed by atoms with Crippen LogP contribution in [0.25, 0.3) is 0 Å². The Labute approximate surface area is 153 Å². The van der Waals surface area contributed by atoms with Crippen LogP contribution in [0.4, 0.5) is 0 Å². The average Bonchev–Trinajstić information content (AvgIpc) is 2.63. The van der Waals surface area contributed by atoms with E-state index in [0.29, 0.717) is 12.0 Å². The summed E-state index contributed by atoms with van der Waals surface area (Å²) in [6.45, 7) is 10.4. The van der Waals surface area contributed by atoms with Gasteiger partial charge in [-0.3, -0.25) is 4.99 Å². The van der Waals surface area contributed by atoms with Crippen molar-refractivity contribution < 1.29 is 4.74 Å². The summed E-state index contributed by atoms with van der Waals surface area (Å²) in [7, 11) is 1.88. The predicted octanol–water partition coefficient (Wildman–Crippen LogP) is 3.82. The zero-order valence-corrected chi connectivity index (χ0v) is 16.4. The highest BCUT2D eigenvalue weighted by Gasteiger charge is 2.21. The predicted molar refractivity (Wildman–Crippen MR) is 106 cm³/mol. The number of nitrogens with one attached hydrogen (secondary N) is 1. The van der Waals surface area contributed by atoms with E-state index < -0.39 is 0 Å². The summed E-state index contributed by atoms with van der Waals surface area (Å²) in [5.41, 5.74) is 2.83. The van der Waals surface area contributed by atoms with Crippen LogP contribution in [0.2, 0.25) is 0 Å². The van der Waals surface area contributed by atoms with Crippen LogP contribution >= 0.6 is 0 Å². The van der Waals surface area contributed by atoms with Gasteiger partial charge in [0.1, 0.15) is 0 Å². The highest BCUT2D eigenvalue weighted by Crippen LogP contribution is 2.16. The number of piperidine rings is 1. The van der Waals surface area contributed by atoms with E-state index in [9.17, 15) is 0 Å². The molecule has 1 N–H and O–H groups in total. The molecule has 4 nitrogen and oxygen atoms in total. The number of hydrogen-bond acceptors (Lipinski definition) is 2. The lowest BCUT2D eigenvalue weighted by molar-refractivity contribution is 0.0264. The van der Waals surface area contributed by atoms with Gasteiger partial charge in [0.05, 0.1) is 6.10 Å². The van der Waals surface area contributed by atoms with Crippen LogP contribution in [-0.4, -0.2) is 50.3 Å². The molecule has 0 unspecified atom stereocenters. The van der Waals surface area contributed by atoms with Gasteiger partial charge in [0.25, 0.3) is 0 Å². The van der Waals surface area contributed by atoms with Gasteiger partial charge in [0, 0.05) is 33.3 Å². The van der Waals surface area contributed by atoms with E-state index in [-0.39, 0.29) is 0 Å². The highest BCUT2D eigenvalue weighted by atomic mass is 16.5. The van der Waals surface area contributed by atoms with Crippen LogP contribution in [0.1, 0.15) is 57.1 Å². The number of likely N-dealkylation sites (tertiary alicyclic amines) is 1. The molecular weight excluding hydrogens is 310 g/mol. The van der Waals surface area contributed by atoms with E-state index in [4.69, 9.17) is 4.74 Å². The van der Waals surface area contributed by atoms with E-state index in [2.05, 4.69) is 60.2 Å². The summed E-state index contributed by atoms with van der Waals surface area (Å²) >= 11 is 0. The topological polar surface area (TPSA) is 36.9 Å². The lowest BCUT2D eigenvalue weighted by Crippen LogP contribution is -2.47. The molecule has 0 spiro atoms. The Hall–Kier alpha value is -1.55. The number of nitrogens with zero attached hydrogens (tertiary/aromatic N) is 2. The van der Waals surface area contributed by atoms with Gasteiger partial charge in [-0.25, -0.2) is 0 Å². The van der Waals surface area contributed by atoms with Gasteiger partial charge in [0.15, 0.2) is 5.96 Å². The van der Waals surface area contributed by atoms with Gasteiger partial charge in [-0.15, -0.1) is 0 Å². The van der Waals surface area contributed by atoms with Crippen molar-refractivity contribution >= 4 is 5.96 Å². The summed E-state index contributed by atoms with van der Waals surface area (Å²) < 4.78 is 5.73. The molecular formula is C21H35N3O. The Morgan fingerprint density at radius 2 is 1.92 bits per heavy atom. The Balaban J connectivity index is 1.69. The maximum Gasteiger partial charge on any atom is 0.193 e. The molecule has 0 bridgehead atoms. The second kappa shape index (κ2) is 10.4. The third kappa shape index (κ3) is 6.35. The zero-order valence-electron chi connectivity index (χ0n) is 16.4. The standard InChI is InChI=1S/C21H35N3O/c1-5-25-20-12-15-24(16-13-20)21(22-4)23-14-6-7-18-8-10-19(11-9-18)17(2)3/h8-11,17,20H,5-7,12-16H2,1-4H3,(H,22,23). The highest BCUT2D eigenvalue weighted by molar-refractivity contribution is 5.79. The second-order valence-corrected chi connectivity index (χ2v) is 7.12. The van der Waals surface area contributed by atoms with Gasteiger partial charge in [-0.2, -0.15) is 0 Å². The van der Waals surface area contributed by atoms with Crippen molar-refractivity contribution in [2.24, 2.45) is 4.99 Å². The SMILES string of the molecule is CCOC1CCN(C(=NC)NCCCc2ccc(C(C)C)cc2)CC1. The number of rotatable bonds is 7. The fraction of sp³-hybridized carbons (Fsp3) is 0.667. The van der Waals surface area contributed by atoms with E-state index in [1.807, 2.05) is 7.05 Å². The number of hydrogen-bond donors (Lipinski definition) is 1. The lowest BCUT2D eigenvalue weighted by atomic mass is 10.0. The molecule has 0 aliphatic carbocycles. The van der Waals surface area contributed by atoms with Crippen LogP contribution in [0, 0.1) is 0 Å². The molecule has 0 radical (unpaired) electrons. The molecule has 0 aromatic heterocycles. The molecule has 0 atom stereocenters. The van der Waals surface area contributed by atoms with Crippen molar-refractivity contribution in [1.82, 2.24) is 10.2 Å². The largest absolute Gasteiger partial charge is 0.378 e. The van der Waals surface area contributed by atoms with Crippen LogP contribution in [0.3, 0.4) is 0 Å². The molecule has 1 heterocycles. The molecule has 25 heavy (non-hydrogen) atoms. The second-order valence-electron chi connectivity index (χ2n) is 7.12. The Morgan fingerprint density at radius 3 is 2.48 bits per heavy atom. The van der Waals surface area contributed by atoms with E-state index in [0.717, 1.165) is 57.9 Å². The summed E-state index contributed by atoms with van der Waals surface area (Å²) in [6.07, 6.45) is 4.84. The smallest absolute Gasteiger partial charge is 0.193 e. The number of aryl methyl sites for hydroxylation is 1. The molecule has 0 amide bonds. The third-order valence-electron chi connectivity index (χ3n) is 4.93. The number of guanidine groups is 1. The Morgan fingerprint density at radius 1 is 1.24 bits per heavy atom. The minimum absolute atomic E-state index is 0.424. The van der Waals surface area contributed by atoms with Crippen molar-refractivity contribution in [1.29, 1.82) is 0 Å². The van der Waals surface area contributed by atoms with Gasteiger partial charge in [-0.1, -0.05) is 38.1 Å². The van der Waals surface area contributed by atoms with Crippen molar-refractivity contribution in [3.8, 4) is 0 Å². The number of aliphatic imine (C=N–C) groups is 1.